The van der Waals surface area contributed by atoms with Crippen LogP contribution in [0.25, 0.3) is 0 Å². The number of ketones is 1. The topological polar surface area (TPSA) is 106 Å². The van der Waals surface area contributed by atoms with Crippen LogP contribution in [-0.2, 0) is 23.8 Å². The van der Waals surface area contributed by atoms with E-state index in [0.29, 0.717) is 26.1 Å². The average molecular weight is 496 g/mol. The summed E-state index contributed by atoms with van der Waals surface area (Å²) in [7, 11) is 0. The number of rotatable bonds is 17. The fraction of sp³-hybridized carbons (Fsp3) is 0.852. The minimum absolute atomic E-state index is 0.0286. The summed E-state index contributed by atoms with van der Waals surface area (Å²) >= 11 is 0. The minimum Gasteiger partial charge on any atom is -0.462 e. The smallest absolute Gasteiger partial charge is 0.309 e. The summed E-state index contributed by atoms with van der Waals surface area (Å²) in [5.41, 5.74) is 0. The number of unbranched alkanes of at least 4 members (excludes halogenated alkanes) is 5. The monoisotopic (exact) mass is 495 g/mol. The molecule has 2 N–H and O–H groups in total. The molecule has 2 aliphatic rings. The van der Waals surface area contributed by atoms with Crippen molar-refractivity contribution < 1.29 is 34.0 Å². The Hall–Kier alpha value is -1.50. The van der Waals surface area contributed by atoms with Crippen LogP contribution in [0.4, 0.5) is 0 Å². The molecule has 35 heavy (non-hydrogen) atoms. The van der Waals surface area contributed by atoms with Crippen molar-refractivity contribution in [2.24, 2.45) is 5.92 Å². The summed E-state index contributed by atoms with van der Waals surface area (Å²) in [6.45, 7) is 4.55. The van der Waals surface area contributed by atoms with Gasteiger partial charge in [0, 0.05) is 25.9 Å². The number of nitrogens with zero attached hydrogens (tertiary/aromatic N) is 1. The first-order valence-electron chi connectivity index (χ1n) is 13.4. The zero-order valence-electron chi connectivity index (χ0n) is 21.4. The van der Waals surface area contributed by atoms with Gasteiger partial charge in [-0.25, -0.2) is 0 Å². The molecule has 0 amide bonds. The van der Waals surface area contributed by atoms with E-state index in [2.05, 4.69) is 11.8 Å². The van der Waals surface area contributed by atoms with E-state index in [4.69, 9.17) is 14.2 Å². The van der Waals surface area contributed by atoms with Crippen LogP contribution in [0.3, 0.4) is 0 Å². The number of hydrogen-bond donors (Lipinski definition) is 2. The number of piperidine rings is 1. The zero-order chi connectivity index (χ0) is 25.3. The first kappa shape index (κ1) is 29.7. The molecule has 2 rings (SSSR count). The number of aliphatic hydroxyl groups excluding tert-OH is 2. The number of Topliss-reactive ketones (excluding diaryl/α,β-unsaturated/α-hetero) is 1. The van der Waals surface area contributed by atoms with Gasteiger partial charge in [0.05, 0.1) is 32.3 Å². The lowest BCUT2D eigenvalue weighted by Gasteiger charge is -2.30. The van der Waals surface area contributed by atoms with E-state index >= 15 is 0 Å². The van der Waals surface area contributed by atoms with Crippen molar-refractivity contribution in [2.75, 3.05) is 39.5 Å². The highest BCUT2D eigenvalue weighted by Gasteiger charge is 2.34. The van der Waals surface area contributed by atoms with Gasteiger partial charge in [-0.2, -0.15) is 0 Å². The molecule has 2 saturated heterocycles. The van der Waals surface area contributed by atoms with Gasteiger partial charge in [0.25, 0.3) is 0 Å². The molecule has 8 heteroatoms. The first-order chi connectivity index (χ1) is 17.0. The van der Waals surface area contributed by atoms with Gasteiger partial charge in [0.15, 0.2) is 0 Å². The zero-order valence-corrected chi connectivity index (χ0v) is 21.4. The van der Waals surface area contributed by atoms with Crippen LogP contribution in [0.5, 0.6) is 0 Å². The lowest BCUT2D eigenvalue weighted by atomic mass is 9.97. The second-order valence-corrected chi connectivity index (χ2v) is 9.77. The van der Waals surface area contributed by atoms with Crippen molar-refractivity contribution in [3.8, 4) is 11.8 Å². The van der Waals surface area contributed by atoms with Gasteiger partial charge in [0.1, 0.15) is 24.2 Å². The Bertz CT molecular complexity index is 668. The summed E-state index contributed by atoms with van der Waals surface area (Å²) in [5, 5.41) is 20.0. The van der Waals surface area contributed by atoms with Crippen LogP contribution < -0.4 is 0 Å². The highest BCUT2D eigenvalue weighted by atomic mass is 16.6. The SMILES string of the molecule is CC(=O)CC1C[C@@H](CCCCCCCC#C[C@@H](O)COCCOC[C@@H](O)N2CCCCC2)OC1=O. The van der Waals surface area contributed by atoms with E-state index in [9.17, 15) is 19.8 Å². The van der Waals surface area contributed by atoms with Crippen LogP contribution in [0.2, 0.25) is 0 Å². The summed E-state index contributed by atoms with van der Waals surface area (Å²) in [6, 6.07) is 0. The van der Waals surface area contributed by atoms with Crippen molar-refractivity contribution in [2.45, 2.75) is 102 Å². The Morgan fingerprint density at radius 3 is 2.49 bits per heavy atom. The third-order valence-corrected chi connectivity index (χ3v) is 6.52. The fourth-order valence-corrected chi connectivity index (χ4v) is 4.58. The predicted octanol–water partition coefficient (Wildman–Crippen LogP) is 2.83. The third-order valence-electron chi connectivity index (χ3n) is 6.52. The fourth-order valence-electron chi connectivity index (χ4n) is 4.58. The van der Waals surface area contributed by atoms with E-state index in [1.807, 2.05) is 4.90 Å². The van der Waals surface area contributed by atoms with E-state index in [1.165, 1.54) is 13.3 Å². The van der Waals surface area contributed by atoms with Crippen molar-refractivity contribution in [3.63, 3.8) is 0 Å². The second kappa shape index (κ2) is 17.9. The molecule has 8 nitrogen and oxygen atoms in total. The molecule has 2 fully saturated rings. The van der Waals surface area contributed by atoms with Crippen LogP contribution in [0.15, 0.2) is 0 Å². The van der Waals surface area contributed by atoms with E-state index < -0.39 is 12.3 Å². The van der Waals surface area contributed by atoms with Gasteiger partial charge in [-0.3, -0.25) is 9.69 Å². The van der Waals surface area contributed by atoms with Gasteiger partial charge < -0.3 is 29.2 Å². The summed E-state index contributed by atoms with van der Waals surface area (Å²) in [4.78, 5) is 25.0. The number of carbonyl (C=O) groups is 2. The molecule has 1 unspecified atom stereocenters. The van der Waals surface area contributed by atoms with Crippen molar-refractivity contribution in [3.05, 3.63) is 0 Å². The predicted molar refractivity (Wildman–Crippen MR) is 132 cm³/mol. The van der Waals surface area contributed by atoms with Gasteiger partial charge >= 0.3 is 5.97 Å². The molecule has 0 bridgehead atoms. The van der Waals surface area contributed by atoms with Crippen molar-refractivity contribution in [1.82, 2.24) is 4.90 Å². The molecular formula is C27H45NO7. The number of hydrogen-bond acceptors (Lipinski definition) is 8. The minimum atomic E-state index is -0.796. The molecule has 0 saturated carbocycles. The number of cyclic esters (lactones) is 1. The van der Waals surface area contributed by atoms with Crippen LogP contribution in [-0.4, -0.2) is 84.8 Å². The number of likely N-dealkylation sites (tertiary alicyclic amines) is 1. The summed E-state index contributed by atoms with van der Waals surface area (Å²) in [5.74, 6) is 5.42. The Kier molecular flexibility index (Phi) is 15.2. The van der Waals surface area contributed by atoms with Gasteiger partial charge in [0.2, 0.25) is 0 Å². The molecule has 0 radical (unpaired) electrons. The van der Waals surface area contributed by atoms with Gasteiger partial charge in [-0.15, -0.1) is 5.92 Å². The molecule has 0 aromatic heterocycles. The first-order valence-corrected chi connectivity index (χ1v) is 13.4. The molecular weight excluding hydrogens is 450 g/mol. The number of carbonyl (C=O) groups excluding carboxylic acids is 2. The van der Waals surface area contributed by atoms with Gasteiger partial charge in [-0.05, 0) is 45.4 Å². The largest absolute Gasteiger partial charge is 0.462 e. The van der Waals surface area contributed by atoms with Crippen LogP contribution in [0.1, 0.15) is 84.0 Å². The Morgan fingerprint density at radius 1 is 1.06 bits per heavy atom. The van der Waals surface area contributed by atoms with Crippen molar-refractivity contribution in [1.29, 1.82) is 0 Å². The van der Waals surface area contributed by atoms with Crippen LogP contribution in [0, 0.1) is 17.8 Å². The van der Waals surface area contributed by atoms with E-state index in [1.54, 1.807) is 0 Å². The Labute approximate surface area is 210 Å². The number of ether oxygens (including phenoxy) is 3. The van der Waals surface area contributed by atoms with Crippen molar-refractivity contribution >= 4 is 11.8 Å². The lowest BCUT2D eigenvalue weighted by molar-refractivity contribution is -0.145. The molecule has 2 aliphatic heterocycles. The lowest BCUT2D eigenvalue weighted by Crippen LogP contribution is -2.42. The highest BCUT2D eigenvalue weighted by molar-refractivity contribution is 5.83. The maximum Gasteiger partial charge on any atom is 0.309 e. The molecule has 200 valence electrons. The number of aliphatic hydroxyl groups is 2. The van der Waals surface area contributed by atoms with Crippen LogP contribution >= 0.6 is 0 Å². The maximum absolute atomic E-state index is 11.7. The Balaban J connectivity index is 1.36. The molecule has 0 aromatic rings. The quantitative estimate of drug-likeness (QED) is 0.180. The standard InChI is InChI=1S/C27H45NO7/c1-22(29)18-23-19-25(35-27(23)32)13-9-6-4-2-3-5-8-12-24(30)20-33-16-17-34-21-26(31)28-14-10-7-11-15-28/h23-26,30-31H,2-7,9-11,13-21H2,1H3/t23?,24-,25-,26-/m1/s1. The molecule has 0 aliphatic carbocycles. The van der Waals surface area contributed by atoms with Gasteiger partial charge in [-0.1, -0.05) is 31.6 Å². The van der Waals surface area contributed by atoms with E-state index in [0.717, 1.165) is 70.9 Å². The average Bonchev–Trinajstić information content (AvgIpc) is 3.18. The molecule has 2 heterocycles. The second-order valence-electron chi connectivity index (χ2n) is 9.77. The normalized spacial score (nSPS) is 22.3. The summed E-state index contributed by atoms with van der Waals surface area (Å²) < 4.78 is 16.2. The molecule has 0 aromatic carbocycles. The molecule has 4 atom stereocenters. The number of esters is 1. The van der Waals surface area contributed by atoms with E-state index in [-0.39, 0.29) is 37.0 Å². The highest BCUT2D eigenvalue weighted by Crippen LogP contribution is 2.27. The maximum atomic E-state index is 11.7. The third kappa shape index (κ3) is 13.4. The molecule has 0 spiro atoms. The summed E-state index contributed by atoms with van der Waals surface area (Å²) in [6.07, 6.45) is 10.0. The Morgan fingerprint density at radius 2 is 1.74 bits per heavy atom.